The second kappa shape index (κ2) is 6.17. The van der Waals surface area contributed by atoms with Crippen molar-refractivity contribution in [1.82, 2.24) is 4.72 Å². The summed E-state index contributed by atoms with van der Waals surface area (Å²) in [5, 5.41) is 8.89. The number of aliphatic hydroxyl groups excluding tert-OH is 1. The molecule has 0 radical (unpaired) electrons. The molecule has 1 aromatic carbocycles. The second-order valence-electron chi connectivity index (χ2n) is 4.36. The van der Waals surface area contributed by atoms with E-state index in [1.165, 1.54) is 6.07 Å². The fourth-order valence-corrected chi connectivity index (χ4v) is 3.02. The number of benzene rings is 1. The molecule has 18 heavy (non-hydrogen) atoms. The van der Waals surface area contributed by atoms with Gasteiger partial charge in [-0.1, -0.05) is 19.9 Å². The molecule has 0 amide bonds. The van der Waals surface area contributed by atoms with E-state index < -0.39 is 10.0 Å². The van der Waals surface area contributed by atoms with E-state index in [1.807, 2.05) is 6.92 Å². The van der Waals surface area contributed by atoms with Crippen LogP contribution < -0.4 is 10.5 Å². The molecule has 1 aromatic rings. The van der Waals surface area contributed by atoms with Crippen LogP contribution in [0.1, 0.15) is 19.4 Å². The lowest BCUT2D eigenvalue weighted by molar-refractivity contribution is 0.238. The highest BCUT2D eigenvalue weighted by Gasteiger charge is 2.18. The molecule has 0 aromatic heterocycles. The predicted molar refractivity (Wildman–Crippen MR) is 71.7 cm³/mol. The largest absolute Gasteiger partial charge is 0.399 e. The van der Waals surface area contributed by atoms with Crippen LogP contribution in [-0.4, -0.2) is 26.7 Å². The third-order valence-corrected chi connectivity index (χ3v) is 4.20. The van der Waals surface area contributed by atoms with Crippen LogP contribution in [0.3, 0.4) is 0 Å². The maximum Gasteiger partial charge on any atom is 0.240 e. The van der Waals surface area contributed by atoms with E-state index in [9.17, 15) is 8.42 Å². The smallest absolute Gasteiger partial charge is 0.240 e. The standard InChI is InChI=1S/C12H20N2O3S/c1-3-10-4-5-11(13)6-12(10)18(16,17)14-7-9(2)8-15/h4-6,9,14-15H,3,7-8,13H2,1-2H3. The molecule has 1 rings (SSSR count). The van der Waals surface area contributed by atoms with Crippen LogP contribution in [0.2, 0.25) is 0 Å². The number of nitrogen functional groups attached to an aromatic ring is 1. The van der Waals surface area contributed by atoms with Gasteiger partial charge in [-0.3, -0.25) is 0 Å². The number of anilines is 1. The molecule has 1 unspecified atom stereocenters. The summed E-state index contributed by atoms with van der Waals surface area (Å²) >= 11 is 0. The zero-order chi connectivity index (χ0) is 13.8. The first-order valence-electron chi connectivity index (χ1n) is 5.89. The molecule has 0 spiro atoms. The summed E-state index contributed by atoms with van der Waals surface area (Å²) in [6, 6.07) is 4.87. The summed E-state index contributed by atoms with van der Waals surface area (Å²) < 4.78 is 26.8. The summed E-state index contributed by atoms with van der Waals surface area (Å²) in [6.45, 7) is 3.81. The lowest BCUT2D eigenvalue weighted by Crippen LogP contribution is -2.30. The molecular weight excluding hydrogens is 252 g/mol. The van der Waals surface area contributed by atoms with Gasteiger partial charge < -0.3 is 10.8 Å². The van der Waals surface area contributed by atoms with Crippen molar-refractivity contribution in [3.8, 4) is 0 Å². The van der Waals surface area contributed by atoms with Crippen LogP contribution in [0.25, 0.3) is 0 Å². The van der Waals surface area contributed by atoms with Gasteiger partial charge in [-0.2, -0.15) is 0 Å². The molecule has 5 nitrogen and oxygen atoms in total. The quantitative estimate of drug-likeness (QED) is 0.666. The highest BCUT2D eigenvalue weighted by Crippen LogP contribution is 2.19. The summed E-state index contributed by atoms with van der Waals surface area (Å²) in [6.07, 6.45) is 0.617. The molecule has 0 saturated heterocycles. The number of hydrogen-bond donors (Lipinski definition) is 3. The maximum atomic E-state index is 12.1. The topological polar surface area (TPSA) is 92.4 Å². The van der Waals surface area contributed by atoms with Crippen molar-refractivity contribution in [1.29, 1.82) is 0 Å². The number of sulfonamides is 1. The number of nitrogens with one attached hydrogen (secondary N) is 1. The van der Waals surface area contributed by atoms with Crippen molar-refractivity contribution >= 4 is 15.7 Å². The van der Waals surface area contributed by atoms with Gasteiger partial charge in [-0.15, -0.1) is 0 Å². The summed E-state index contributed by atoms with van der Waals surface area (Å²) in [4.78, 5) is 0.218. The average Bonchev–Trinajstić information content (AvgIpc) is 2.36. The highest BCUT2D eigenvalue weighted by atomic mass is 32.2. The third kappa shape index (κ3) is 3.69. The minimum absolute atomic E-state index is 0.0555. The lowest BCUT2D eigenvalue weighted by atomic mass is 10.1. The number of rotatable bonds is 6. The van der Waals surface area contributed by atoms with Crippen LogP contribution in [0.4, 0.5) is 5.69 Å². The molecule has 0 aliphatic rings. The summed E-state index contributed by atoms with van der Waals surface area (Å²) in [5.74, 6) is -0.120. The lowest BCUT2D eigenvalue weighted by Gasteiger charge is -2.13. The van der Waals surface area contributed by atoms with Gasteiger partial charge in [0.15, 0.2) is 0 Å². The van der Waals surface area contributed by atoms with Gasteiger partial charge in [0.1, 0.15) is 0 Å². The van der Waals surface area contributed by atoms with E-state index in [0.29, 0.717) is 12.1 Å². The van der Waals surface area contributed by atoms with E-state index in [1.54, 1.807) is 19.1 Å². The summed E-state index contributed by atoms with van der Waals surface area (Å²) in [7, 11) is -3.57. The van der Waals surface area contributed by atoms with Crippen molar-refractivity contribution in [2.24, 2.45) is 5.92 Å². The zero-order valence-corrected chi connectivity index (χ0v) is 11.5. The van der Waals surface area contributed by atoms with Crippen molar-refractivity contribution in [2.45, 2.75) is 25.2 Å². The fourth-order valence-electron chi connectivity index (χ4n) is 1.51. The molecule has 0 aliphatic carbocycles. The van der Waals surface area contributed by atoms with Crippen molar-refractivity contribution < 1.29 is 13.5 Å². The van der Waals surface area contributed by atoms with Crippen molar-refractivity contribution in [2.75, 3.05) is 18.9 Å². The SMILES string of the molecule is CCc1ccc(N)cc1S(=O)(=O)NCC(C)CO. The molecule has 0 heterocycles. The van der Waals surface area contributed by atoms with Gasteiger partial charge in [0.25, 0.3) is 0 Å². The molecule has 0 bridgehead atoms. The highest BCUT2D eigenvalue weighted by molar-refractivity contribution is 7.89. The number of hydrogen-bond acceptors (Lipinski definition) is 4. The van der Waals surface area contributed by atoms with Gasteiger partial charge in [0.2, 0.25) is 10.0 Å². The van der Waals surface area contributed by atoms with E-state index >= 15 is 0 Å². The van der Waals surface area contributed by atoms with E-state index in [4.69, 9.17) is 10.8 Å². The zero-order valence-electron chi connectivity index (χ0n) is 10.7. The Labute approximate surface area is 108 Å². The maximum absolute atomic E-state index is 12.1. The van der Waals surface area contributed by atoms with Crippen molar-refractivity contribution in [3.63, 3.8) is 0 Å². The Morgan fingerprint density at radius 2 is 2.11 bits per heavy atom. The predicted octanol–water partition coefficient (Wildman–Crippen LogP) is 0.738. The molecule has 6 heteroatoms. The van der Waals surface area contributed by atoms with E-state index in [0.717, 1.165) is 5.56 Å². The number of nitrogens with two attached hydrogens (primary N) is 1. The van der Waals surface area contributed by atoms with Crippen LogP contribution in [0.15, 0.2) is 23.1 Å². The Balaban J connectivity index is 3.00. The van der Waals surface area contributed by atoms with Gasteiger partial charge >= 0.3 is 0 Å². The van der Waals surface area contributed by atoms with Crippen LogP contribution >= 0.6 is 0 Å². The van der Waals surface area contributed by atoms with Crippen molar-refractivity contribution in [3.05, 3.63) is 23.8 Å². The molecule has 0 aliphatic heterocycles. The first-order chi connectivity index (χ1) is 8.40. The van der Waals surface area contributed by atoms with Gasteiger partial charge in [0, 0.05) is 18.8 Å². The first-order valence-corrected chi connectivity index (χ1v) is 7.38. The Hall–Kier alpha value is -1.11. The van der Waals surface area contributed by atoms with Crippen LogP contribution in [0.5, 0.6) is 0 Å². The fraction of sp³-hybridized carbons (Fsp3) is 0.500. The van der Waals surface area contributed by atoms with Gasteiger partial charge in [0.05, 0.1) is 4.90 Å². The average molecular weight is 272 g/mol. The van der Waals surface area contributed by atoms with Crippen LogP contribution in [-0.2, 0) is 16.4 Å². The molecule has 4 N–H and O–H groups in total. The molecule has 1 atom stereocenters. The summed E-state index contributed by atoms with van der Waals surface area (Å²) in [5.41, 5.74) is 6.78. The minimum Gasteiger partial charge on any atom is -0.399 e. The van der Waals surface area contributed by atoms with Gasteiger partial charge in [-0.25, -0.2) is 13.1 Å². The number of aliphatic hydroxyl groups is 1. The minimum atomic E-state index is -3.57. The molecule has 102 valence electrons. The van der Waals surface area contributed by atoms with Crippen LogP contribution in [0, 0.1) is 5.92 Å². The third-order valence-electron chi connectivity index (χ3n) is 2.70. The Bertz CT molecular complexity index is 500. The monoisotopic (exact) mass is 272 g/mol. The molecule has 0 saturated carbocycles. The Kier molecular flexibility index (Phi) is 5.13. The normalized spacial score (nSPS) is 13.5. The Morgan fingerprint density at radius 3 is 2.67 bits per heavy atom. The van der Waals surface area contributed by atoms with E-state index in [-0.39, 0.29) is 24.0 Å². The second-order valence-corrected chi connectivity index (χ2v) is 6.10. The molecular formula is C12H20N2O3S. The molecule has 0 fully saturated rings. The number of aryl methyl sites for hydroxylation is 1. The van der Waals surface area contributed by atoms with Gasteiger partial charge in [-0.05, 0) is 30.0 Å². The Morgan fingerprint density at radius 1 is 1.44 bits per heavy atom. The van der Waals surface area contributed by atoms with E-state index in [2.05, 4.69) is 4.72 Å². The first kappa shape index (κ1) is 14.9.